The number of rotatable bonds is 5. The summed E-state index contributed by atoms with van der Waals surface area (Å²) in [4.78, 5) is 14.0. The van der Waals surface area contributed by atoms with E-state index >= 15 is 0 Å². The Labute approximate surface area is 98.0 Å². The highest BCUT2D eigenvalue weighted by molar-refractivity contribution is 5.83. The highest BCUT2D eigenvalue weighted by atomic mass is 16.3. The van der Waals surface area contributed by atoms with Crippen LogP contribution in [-0.2, 0) is 4.79 Å². The molecule has 1 aliphatic rings. The molecule has 16 heavy (non-hydrogen) atoms. The molecule has 94 valence electrons. The van der Waals surface area contributed by atoms with Crippen molar-refractivity contribution < 1.29 is 9.90 Å². The first kappa shape index (κ1) is 13.5. The van der Waals surface area contributed by atoms with Crippen LogP contribution in [0.5, 0.6) is 0 Å². The molecule has 1 saturated heterocycles. The molecule has 1 fully saturated rings. The fourth-order valence-corrected chi connectivity index (χ4v) is 2.61. The monoisotopic (exact) mass is 228 g/mol. The van der Waals surface area contributed by atoms with Crippen LogP contribution in [0.3, 0.4) is 0 Å². The number of nitrogens with one attached hydrogen (secondary N) is 1. The van der Waals surface area contributed by atoms with E-state index in [9.17, 15) is 4.79 Å². The van der Waals surface area contributed by atoms with Crippen molar-refractivity contribution in [3.05, 3.63) is 0 Å². The second-order valence-electron chi connectivity index (χ2n) is 4.76. The van der Waals surface area contributed by atoms with Crippen molar-refractivity contribution >= 4 is 5.91 Å². The number of piperidine rings is 1. The summed E-state index contributed by atoms with van der Waals surface area (Å²) in [5.41, 5.74) is -0.225. The summed E-state index contributed by atoms with van der Waals surface area (Å²) in [6.45, 7) is 4.40. The normalized spacial score (nSPS) is 25.4. The topological polar surface area (TPSA) is 52.6 Å². The fourth-order valence-electron chi connectivity index (χ4n) is 2.61. The smallest absolute Gasteiger partial charge is 0.229 e. The molecule has 1 unspecified atom stereocenters. The summed E-state index contributed by atoms with van der Waals surface area (Å²) < 4.78 is 0. The molecule has 1 heterocycles. The van der Waals surface area contributed by atoms with Crippen molar-refractivity contribution in [1.82, 2.24) is 10.2 Å². The zero-order chi connectivity index (χ0) is 12.0. The number of nitrogens with zero attached hydrogens (tertiary/aromatic N) is 1. The second-order valence-corrected chi connectivity index (χ2v) is 4.76. The summed E-state index contributed by atoms with van der Waals surface area (Å²) in [6, 6.07) is 0. The molecule has 0 aliphatic carbocycles. The Morgan fingerprint density at radius 1 is 1.56 bits per heavy atom. The van der Waals surface area contributed by atoms with Gasteiger partial charge in [-0.05, 0) is 25.8 Å². The Hall–Kier alpha value is -0.610. The highest BCUT2D eigenvalue weighted by Crippen LogP contribution is 2.33. The molecule has 0 aromatic heterocycles. The van der Waals surface area contributed by atoms with Crippen molar-refractivity contribution in [3.63, 3.8) is 0 Å². The average Bonchev–Trinajstić information content (AvgIpc) is 2.30. The lowest BCUT2D eigenvalue weighted by atomic mass is 9.76. The van der Waals surface area contributed by atoms with Crippen molar-refractivity contribution in [2.45, 2.75) is 32.6 Å². The lowest BCUT2D eigenvalue weighted by Crippen LogP contribution is -2.51. The van der Waals surface area contributed by atoms with Crippen LogP contribution in [0, 0.1) is 5.41 Å². The molecule has 1 aliphatic heterocycles. The van der Waals surface area contributed by atoms with E-state index in [2.05, 4.69) is 12.2 Å². The number of likely N-dealkylation sites (N-methyl/N-ethyl adjacent to an activating group) is 1. The first-order valence-electron chi connectivity index (χ1n) is 6.23. The first-order valence-corrected chi connectivity index (χ1v) is 6.23. The second kappa shape index (κ2) is 6.21. The molecular weight excluding hydrogens is 204 g/mol. The number of hydrogen-bond acceptors (Lipinski definition) is 3. The van der Waals surface area contributed by atoms with Gasteiger partial charge in [0.05, 0.1) is 12.0 Å². The largest absolute Gasteiger partial charge is 0.395 e. The van der Waals surface area contributed by atoms with Crippen LogP contribution in [0.1, 0.15) is 32.6 Å². The number of carbonyl (C=O) groups is 1. The Balaban J connectivity index is 2.71. The number of amides is 1. The molecule has 1 atom stereocenters. The Bertz CT molecular complexity index is 220. The third-order valence-electron chi connectivity index (χ3n) is 3.44. The maximum Gasteiger partial charge on any atom is 0.229 e. The molecule has 0 saturated carbocycles. The van der Waals surface area contributed by atoms with Crippen LogP contribution < -0.4 is 5.32 Å². The van der Waals surface area contributed by atoms with E-state index in [4.69, 9.17) is 5.11 Å². The highest BCUT2D eigenvalue weighted by Gasteiger charge is 2.40. The first-order chi connectivity index (χ1) is 7.66. The Kier molecular flexibility index (Phi) is 5.22. The van der Waals surface area contributed by atoms with Crippen LogP contribution in [0.4, 0.5) is 0 Å². The van der Waals surface area contributed by atoms with E-state index < -0.39 is 0 Å². The Morgan fingerprint density at radius 3 is 2.81 bits per heavy atom. The van der Waals surface area contributed by atoms with Gasteiger partial charge in [0, 0.05) is 20.1 Å². The molecule has 0 radical (unpaired) electrons. The number of carbonyl (C=O) groups excluding carboxylic acids is 1. The van der Waals surface area contributed by atoms with Crippen molar-refractivity contribution in [2.75, 3.05) is 33.3 Å². The van der Waals surface area contributed by atoms with Gasteiger partial charge >= 0.3 is 0 Å². The molecular formula is C12H24N2O2. The third kappa shape index (κ3) is 2.95. The zero-order valence-corrected chi connectivity index (χ0v) is 10.5. The van der Waals surface area contributed by atoms with E-state index in [0.717, 1.165) is 38.8 Å². The maximum absolute atomic E-state index is 12.4. The minimum absolute atomic E-state index is 0.0396. The van der Waals surface area contributed by atoms with Crippen LogP contribution in [-0.4, -0.2) is 49.2 Å². The average molecular weight is 228 g/mol. The van der Waals surface area contributed by atoms with Gasteiger partial charge in [-0.2, -0.15) is 0 Å². The minimum Gasteiger partial charge on any atom is -0.395 e. The summed E-state index contributed by atoms with van der Waals surface area (Å²) >= 11 is 0. The van der Waals surface area contributed by atoms with Gasteiger partial charge in [0.2, 0.25) is 5.91 Å². The minimum atomic E-state index is -0.225. The Morgan fingerprint density at radius 2 is 2.31 bits per heavy atom. The van der Waals surface area contributed by atoms with Gasteiger partial charge in [0.1, 0.15) is 0 Å². The van der Waals surface area contributed by atoms with Crippen LogP contribution >= 0.6 is 0 Å². The van der Waals surface area contributed by atoms with Gasteiger partial charge in [-0.25, -0.2) is 0 Å². The zero-order valence-electron chi connectivity index (χ0n) is 10.5. The van der Waals surface area contributed by atoms with Crippen molar-refractivity contribution in [2.24, 2.45) is 5.41 Å². The summed E-state index contributed by atoms with van der Waals surface area (Å²) in [7, 11) is 1.78. The molecule has 1 amide bonds. The van der Waals surface area contributed by atoms with Gasteiger partial charge in [0.15, 0.2) is 0 Å². The summed E-state index contributed by atoms with van der Waals surface area (Å²) in [6.07, 6.45) is 4.01. The molecule has 4 nitrogen and oxygen atoms in total. The molecule has 0 bridgehead atoms. The van der Waals surface area contributed by atoms with E-state index in [-0.39, 0.29) is 17.9 Å². The standard InChI is InChI=1S/C12H24N2O2/c1-3-5-12(6-4-7-13-10-12)11(16)14(2)8-9-15/h13,15H,3-10H2,1-2H3. The van der Waals surface area contributed by atoms with E-state index in [0.29, 0.717) is 6.54 Å². The number of aliphatic hydroxyl groups excluding tert-OH is 1. The molecule has 2 N–H and O–H groups in total. The molecule has 4 heteroatoms. The predicted molar refractivity (Wildman–Crippen MR) is 64.2 cm³/mol. The SMILES string of the molecule is CCCC1(C(=O)N(C)CCO)CCCNC1. The van der Waals surface area contributed by atoms with Gasteiger partial charge in [-0.3, -0.25) is 4.79 Å². The molecule has 1 rings (SSSR count). The van der Waals surface area contributed by atoms with Crippen molar-refractivity contribution in [1.29, 1.82) is 0 Å². The quantitative estimate of drug-likeness (QED) is 0.725. The molecule has 0 aromatic carbocycles. The fraction of sp³-hybridized carbons (Fsp3) is 0.917. The van der Waals surface area contributed by atoms with E-state index in [1.54, 1.807) is 11.9 Å². The number of aliphatic hydroxyl groups is 1. The van der Waals surface area contributed by atoms with Crippen molar-refractivity contribution in [3.8, 4) is 0 Å². The van der Waals surface area contributed by atoms with E-state index in [1.165, 1.54) is 0 Å². The van der Waals surface area contributed by atoms with Gasteiger partial charge < -0.3 is 15.3 Å². The third-order valence-corrected chi connectivity index (χ3v) is 3.44. The van der Waals surface area contributed by atoms with Gasteiger partial charge in [0.25, 0.3) is 0 Å². The molecule has 0 spiro atoms. The lowest BCUT2D eigenvalue weighted by Gasteiger charge is -2.39. The lowest BCUT2D eigenvalue weighted by molar-refractivity contribution is -0.143. The van der Waals surface area contributed by atoms with Crippen LogP contribution in [0.15, 0.2) is 0 Å². The maximum atomic E-state index is 12.4. The molecule has 0 aromatic rings. The predicted octanol–water partition coefficient (Wildman–Crippen LogP) is 0.607. The summed E-state index contributed by atoms with van der Waals surface area (Å²) in [5, 5.41) is 12.2. The van der Waals surface area contributed by atoms with Crippen LogP contribution in [0.25, 0.3) is 0 Å². The van der Waals surface area contributed by atoms with Gasteiger partial charge in [-0.1, -0.05) is 13.3 Å². The van der Waals surface area contributed by atoms with E-state index in [1.807, 2.05) is 0 Å². The van der Waals surface area contributed by atoms with Gasteiger partial charge in [-0.15, -0.1) is 0 Å². The summed E-state index contributed by atoms with van der Waals surface area (Å²) in [5.74, 6) is 0.190. The number of hydrogen-bond donors (Lipinski definition) is 2. The van der Waals surface area contributed by atoms with Crippen LogP contribution in [0.2, 0.25) is 0 Å².